The van der Waals surface area contributed by atoms with Crippen molar-refractivity contribution in [3.8, 4) is 0 Å². The Kier molecular flexibility index (Phi) is 7.04. The zero-order valence-electron chi connectivity index (χ0n) is 13.8. The maximum absolute atomic E-state index is 13.6. The van der Waals surface area contributed by atoms with Gasteiger partial charge in [0.15, 0.2) is 21.8 Å². The summed E-state index contributed by atoms with van der Waals surface area (Å²) in [5, 5.41) is 3.22. The fourth-order valence-electron chi connectivity index (χ4n) is 1.85. The Balaban J connectivity index is 1.96. The summed E-state index contributed by atoms with van der Waals surface area (Å²) in [6, 6.07) is 1.68. The molecular weight excluding hydrogens is 389 g/mol. The summed E-state index contributed by atoms with van der Waals surface area (Å²) in [5.74, 6) is -5.43. The second-order valence-corrected chi connectivity index (χ2v) is 7.50. The first-order valence-corrected chi connectivity index (χ1v) is 9.28. The van der Waals surface area contributed by atoms with Crippen LogP contribution >= 0.6 is 23.1 Å². The molecule has 0 unspecified atom stereocenters. The van der Waals surface area contributed by atoms with E-state index in [0.29, 0.717) is 10.0 Å². The lowest BCUT2D eigenvalue weighted by Crippen LogP contribution is -2.23. The average Bonchev–Trinajstić information content (AvgIpc) is 3.02. The van der Waals surface area contributed by atoms with Gasteiger partial charge in [-0.05, 0) is 26.0 Å². The van der Waals surface area contributed by atoms with E-state index in [1.165, 1.54) is 11.3 Å². The number of nitrogens with one attached hydrogen (secondary N) is 1. The molecule has 1 atom stereocenters. The van der Waals surface area contributed by atoms with E-state index >= 15 is 0 Å². The fraction of sp³-hybridized carbons (Fsp3) is 0.312. The minimum Gasteiger partial charge on any atom is -0.466 e. The van der Waals surface area contributed by atoms with Crippen LogP contribution in [-0.2, 0) is 20.7 Å². The molecule has 1 heterocycles. The van der Waals surface area contributed by atoms with Crippen molar-refractivity contribution < 1.29 is 27.5 Å². The Labute approximate surface area is 156 Å². The maximum atomic E-state index is 13.6. The molecule has 10 heteroatoms. The molecule has 1 N–H and O–H groups in total. The van der Waals surface area contributed by atoms with Gasteiger partial charge in [-0.3, -0.25) is 9.59 Å². The number of ether oxygens (including phenoxy) is 1. The lowest BCUT2D eigenvalue weighted by atomic mass is 10.2. The van der Waals surface area contributed by atoms with Crippen LogP contribution in [0.25, 0.3) is 0 Å². The van der Waals surface area contributed by atoms with Gasteiger partial charge in [0.1, 0.15) is 0 Å². The van der Waals surface area contributed by atoms with E-state index in [2.05, 4.69) is 10.3 Å². The molecule has 1 amide bonds. The topological polar surface area (TPSA) is 68.3 Å². The Morgan fingerprint density at radius 1 is 1.31 bits per heavy atom. The lowest BCUT2D eigenvalue weighted by Gasteiger charge is -2.11. The Bertz CT molecular complexity index is 814. The number of hydrogen-bond acceptors (Lipinski definition) is 6. The number of carbonyl (C=O) groups excluding carboxylic acids is 2. The van der Waals surface area contributed by atoms with Gasteiger partial charge < -0.3 is 10.1 Å². The van der Waals surface area contributed by atoms with Gasteiger partial charge in [0, 0.05) is 5.38 Å². The largest absolute Gasteiger partial charge is 0.466 e. The summed E-state index contributed by atoms with van der Waals surface area (Å²) < 4.78 is 45.1. The predicted octanol–water partition coefficient (Wildman–Crippen LogP) is 3.79. The summed E-state index contributed by atoms with van der Waals surface area (Å²) in [6.45, 7) is 3.54. The van der Waals surface area contributed by atoms with Gasteiger partial charge in [0.05, 0.1) is 29.7 Å². The summed E-state index contributed by atoms with van der Waals surface area (Å²) in [5.41, 5.74) is 0.0821. The summed E-state index contributed by atoms with van der Waals surface area (Å²) in [4.78, 5) is 27.8. The standard InChI is InChI=1S/C16H15F3N2O3S2/c1-3-24-12(22)6-9-7-25-16(20-9)26-8(2)15(23)21-11-5-4-10(17)13(18)14(11)19/h4-5,7-8H,3,6H2,1-2H3,(H,21,23)/t8-/m0/s1. The van der Waals surface area contributed by atoms with Gasteiger partial charge >= 0.3 is 5.97 Å². The highest BCUT2D eigenvalue weighted by Crippen LogP contribution is 2.28. The Hall–Kier alpha value is -2.07. The van der Waals surface area contributed by atoms with E-state index in [1.54, 1.807) is 19.2 Å². The van der Waals surface area contributed by atoms with Crippen LogP contribution in [-0.4, -0.2) is 28.7 Å². The van der Waals surface area contributed by atoms with Crippen LogP contribution in [0.15, 0.2) is 21.9 Å². The zero-order valence-corrected chi connectivity index (χ0v) is 15.5. The summed E-state index contributed by atoms with van der Waals surface area (Å²) >= 11 is 2.35. The number of halogens is 3. The first kappa shape index (κ1) is 20.2. The molecule has 0 spiro atoms. The average molecular weight is 404 g/mol. The first-order valence-electron chi connectivity index (χ1n) is 7.52. The predicted molar refractivity (Wildman–Crippen MR) is 92.7 cm³/mol. The first-order chi connectivity index (χ1) is 12.3. The van der Waals surface area contributed by atoms with Crippen molar-refractivity contribution >= 4 is 40.7 Å². The van der Waals surface area contributed by atoms with E-state index in [0.717, 1.165) is 23.9 Å². The minimum atomic E-state index is -1.65. The number of amides is 1. The van der Waals surface area contributed by atoms with Crippen molar-refractivity contribution in [2.75, 3.05) is 11.9 Å². The van der Waals surface area contributed by atoms with E-state index < -0.39 is 40.3 Å². The molecule has 2 rings (SSSR count). The number of carbonyl (C=O) groups is 2. The van der Waals surface area contributed by atoms with Crippen LogP contribution in [0.3, 0.4) is 0 Å². The molecule has 2 aromatic rings. The molecule has 0 fully saturated rings. The Morgan fingerprint density at radius 2 is 2.04 bits per heavy atom. The highest BCUT2D eigenvalue weighted by Gasteiger charge is 2.20. The number of aromatic nitrogens is 1. The molecule has 0 aliphatic carbocycles. The second kappa shape index (κ2) is 9.04. The molecule has 0 saturated heterocycles. The SMILES string of the molecule is CCOC(=O)Cc1csc(S[C@@H](C)C(=O)Nc2ccc(F)c(F)c2F)n1. The van der Waals surface area contributed by atoms with Crippen LogP contribution in [0.4, 0.5) is 18.9 Å². The van der Waals surface area contributed by atoms with Crippen LogP contribution in [0.5, 0.6) is 0 Å². The van der Waals surface area contributed by atoms with Crippen LogP contribution in [0.2, 0.25) is 0 Å². The number of benzene rings is 1. The number of thiazole rings is 1. The molecule has 26 heavy (non-hydrogen) atoms. The Morgan fingerprint density at radius 3 is 2.73 bits per heavy atom. The molecule has 1 aromatic heterocycles. The molecule has 1 aromatic carbocycles. The minimum absolute atomic E-state index is 0.0333. The molecule has 5 nitrogen and oxygen atoms in total. The van der Waals surface area contributed by atoms with Crippen LogP contribution in [0.1, 0.15) is 19.5 Å². The summed E-state index contributed by atoms with van der Waals surface area (Å²) in [7, 11) is 0. The van der Waals surface area contributed by atoms with Gasteiger partial charge in [-0.15, -0.1) is 11.3 Å². The number of rotatable bonds is 7. The monoisotopic (exact) mass is 404 g/mol. The highest BCUT2D eigenvalue weighted by molar-refractivity contribution is 8.02. The molecule has 0 saturated carbocycles. The fourth-order valence-corrected chi connectivity index (χ4v) is 3.83. The molecular formula is C16H15F3N2O3S2. The number of anilines is 1. The third-order valence-electron chi connectivity index (χ3n) is 3.10. The van der Waals surface area contributed by atoms with E-state index in [9.17, 15) is 22.8 Å². The molecule has 0 bridgehead atoms. The number of nitrogens with zero attached hydrogens (tertiary/aromatic N) is 1. The van der Waals surface area contributed by atoms with Gasteiger partial charge in [-0.2, -0.15) is 0 Å². The van der Waals surface area contributed by atoms with Crippen molar-refractivity contribution in [1.82, 2.24) is 4.98 Å². The van der Waals surface area contributed by atoms with E-state index in [4.69, 9.17) is 4.74 Å². The van der Waals surface area contributed by atoms with Gasteiger partial charge in [-0.1, -0.05) is 11.8 Å². The number of thioether (sulfide) groups is 1. The smallest absolute Gasteiger partial charge is 0.311 e. The highest BCUT2D eigenvalue weighted by atomic mass is 32.2. The summed E-state index contributed by atoms with van der Waals surface area (Å²) in [6.07, 6.45) is 0.0333. The quantitative estimate of drug-likeness (QED) is 0.432. The van der Waals surface area contributed by atoms with Gasteiger partial charge in [-0.25, -0.2) is 18.2 Å². The molecule has 140 valence electrons. The van der Waals surface area contributed by atoms with Crippen molar-refractivity contribution in [2.24, 2.45) is 0 Å². The normalized spacial score (nSPS) is 11.9. The molecule has 0 aliphatic heterocycles. The van der Waals surface area contributed by atoms with Crippen LogP contribution < -0.4 is 5.32 Å². The van der Waals surface area contributed by atoms with Crippen molar-refractivity contribution in [1.29, 1.82) is 0 Å². The van der Waals surface area contributed by atoms with Crippen molar-refractivity contribution in [2.45, 2.75) is 29.9 Å². The van der Waals surface area contributed by atoms with Gasteiger partial charge in [0.25, 0.3) is 0 Å². The molecule has 0 aliphatic rings. The van der Waals surface area contributed by atoms with Crippen molar-refractivity contribution in [3.63, 3.8) is 0 Å². The van der Waals surface area contributed by atoms with Gasteiger partial charge in [0.2, 0.25) is 5.91 Å². The maximum Gasteiger partial charge on any atom is 0.311 e. The third-order valence-corrected chi connectivity index (χ3v) is 5.22. The second-order valence-electron chi connectivity index (χ2n) is 5.06. The van der Waals surface area contributed by atoms with E-state index in [1.807, 2.05) is 0 Å². The number of esters is 1. The lowest BCUT2D eigenvalue weighted by molar-refractivity contribution is -0.142. The molecule has 0 radical (unpaired) electrons. The van der Waals surface area contributed by atoms with E-state index in [-0.39, 0.29) is 13.0 Å². The van der Waals surface area contributed by atoms with Crippen molar-refractivity contribution in [3.05, 3.63) is 40.7 Å². The number of hydrogen-bond donors (Lipinski definition) is 1. The van der Waals surface area contributed by atoms with Crippen LogP contribution in [0, 0.1) is 17.5 Å². The zero-order chi connectivity index (χ0) is 19.3. The third kappa shape index (κ3) is 5.21.